The Labute approximate surface area is 134 Å². The summed E-state index contributed by atoms with van der Waals surface area (Å²) in [4.78, 5) is 41.2. The minimum atomic E-state index is -0.927. The third-order valence-corrected chi connectivity index (χ3v) is 4.01. The average Bonchev–Trinajstić information content (AvgIpc) is 2.43. The van der Waals surface area contributed by atoms with Crippen molar-refractivity contribution in [2.45, 2.75) is 31.9 Å². The predicted octanol–water partition coefficient (Wildman–Crippen LogP) is -1.24. The molecule has 0 spiro atoms. The van der Waals surface area contributed by atoms with Crippen LogP contribution in [-0.4, -0.2) is 69.7 Å². The number of hydrogen-bond donors (Lipinski definition) is 2. The highest BCUT2D eigenvalue weighted by Crippen LogP contribution is 2.22. The van der Waals surface area contributed by atoms with Crippen LogP contribution in [0.15, 0.2) is 15.8 Å². The van der Waals surface area contributed by atoms with E-state index in [-0.39, 0.29) is 19.0 Å². The molecule has 0 aliphatic carbocycles. The van der Waals surface area contributed by atoms with Crippen LogP contribution in [0.2, 0.25) is 0 Å². The molecule has 2 heterocycles. The van der Waals surface area contributed by atoms with E-state index in [2.05, 4.69) is 4.98 Å². The molecule has 1 aliphatic rings. The van der Waals surface area contributed by atoms with Crippen LogP contribution in [0.4, 0.5) is 0 Å². The van der Waals surface area contributed by atoms with Gasteiger partial charge in [-0.25, -0.2) is 4.79 Å². The number of amides is 1. The first kappa shape index (κ1) is 17.4. The van der Waals surface area contributed by atoms with E-state index in [4.69, 9.17) is 0 Å². The number of hydrogen-bond acceptors (Lipinski definition) is 5. The number of carbonyl (C=O) groups is 1. The second-order valence-electron chi connectivity index (χ2n) is 6.58. The monoisotopic (exact) mass is 324 g/mol. The molecule has 23 heavy (non-hydrogen) atoms. The highest BCUT2D eigenvalue weighted by Gasteiger charge is 2.35. The summed E-state index contributed by atoms with van der Waals surface area (Å²) < 4.78 is 1.19. The molecule has 0 radical (unpaired) electrons. The second kappa shape index (κ2) is 6.67. The fourth-order valence-corrected chi connectivity index (χ4v) is 3.02. The minimum absolute atomic E-state index is 0.144. The van der Waals surface area contributed by atoms with Gasteiger partial charge in [0.2, 0.25) is 5.91 Å². The quantitative estimate of drug-likeness (QED) is 0.722. The van der Waals surface area contributed by atoms with E-state index < -0.39 is 16.9 Å². The highest BCUT2D eigenvalue weighted by molar-refractivity contribution is 5.76. The summed E-state index contributed by atoms with van der Waals surface area (Å²) in [5.41, 5.74) is -1.60. The van der Waals surface area contributed by atoms with Crippen molar-refractivity contribution >= 4 is 5.91 Å². The molecule has 1 amide bonds. The maximum absolute atomic E-state index is 12.4. The topological polar surface area (TPSA) is 98.6 Å². The number of aromatic nitrogens is 2. The Kier molecular flexibility index (Phi) is 5.06. The van der Waals surface area contributed by atoms with Crippen LogP contribution in [-0.2, 0) is 11.3 Å². The van der Waals surface area contributed by atoms with Gasteiger partial charge in [0, 0.05) is 24.8 Å². The molecule has 1 fully saturated rings. The zero-order valence-electron chi connectivity index (χ0n) is 13.8. The smallest absolute Gasteiger partial charge is 0.328 e. The van der Waals surface area contributed by atoms with E-state index in [1.54, 1.807) is 11.8 Å². The van der Waals surface area contributed by atoms with E-state index in [0.717, 1.165) is 6.42 Å². The third-order valence-electron chi connectivity index (χ3n) is 4.01. The number of piperidine rings is 1. The van der Waals surface area contributed by atoms with Gasteiger partial charge in [-0.3, -0.25) is 19.1 Å². The average molecular weight is 324 g/mol. The van der Waals surface area contributed by atoms with E-state index in [9.17, 15) is 19.5 Å². The van der Waals surface area contributed by atoms with Crippen molar-refractivity contribution in [3.05, 3.63) is 32.6 Å². The van der Waals surface area contributed by atoms with Gasteiger partial charge in [0.15, 0.2) is 0 Å². The van der Waals surface area contributed by atoms with Crippen LogP contribution in [0.25, 0.3) is 0 Å². The van der Waals surface area contributed by atoms with Gasteiger partial charge < -0.3 is 14.9 Å². The molecule has 0 unspecified atom stereocenters. The molecule has 0 bridgehead atoms. The number of nitrogens with zero attached hydrogens (tertiary/aromatic N) is 3. The van der Waals surface area contributed by atoms with Crippen LogP contribution >= 0.6 is 0 Å². The fourth-order valence-electron chi connectivity index (χ4n) is 3.02. The highest BCUT2D eigenvalue weighted by atomic mass is 16.3. The Balaban J connectivity index is 2.10. The van der Waals surface area contributed by atoms with E-state index in [1.807, 2.05) is 19.0 Å². The Morgan fingerprint density at radius 3 is 2.78 bits per heavy atom. The minimum Gasteiger partial charge on any atom is -0.387 e. The SMILES string of the molecule is Cc1cn(CC(=O)N2CCC[C@@](O)(CN(C)C)C2)c(=O)[nH]c1=O. The Morgan fingerprint density at radius 1 is 1.43 bits per heavy atom. The predicted molar refractivity (Wildman–Crippen MR) is 85.4 cm³/mol. The zero-order chi connectivity index (χ0) is 17.2. The molecule has 8 heteroatoms. The molecule has 2 rings (SSSR count). The molecule has 1 saturated heterocycles. The van der Waals surface area contributed by atoms with Crippen LogP contribution < -0.4 is 11.2 Å². The number of likely N-dealkylation sites (N-methyl/N-ethyl adjacent to an activating group) is 1. The third kappa shape index (κ3) is 4.29. The first-order chi connectivity index (χ1) is 10.7. The molecule has 1 atom stereocenters. The number of carbonyl (C=O) groups excluding carboxylic acids is 1. The van der Waals surface area contributed by atoms with Crippen molar-refractivity contribution in [1.82, 2.24) is 19.4 Å². The first-order valence-corrected chi connectivity index (χ1v) is 7.65. The van der Waals surface area contributed by atoms with Gasteiger partial charge >= 0.3 is 5.69 Å². The summed E-state index contributed by atoms with van der Waals surface area (Å²) in [6.45, 7) is 2.73. The molecular formula is C15H24N4O4. The summed E-state index contributed by atoms with van der Waals surface area (Å²) in [5, 5.41) is 10.6. The Hall–Kier alpha value is -1.93. The number of H-pyrrole nitrogens is 1. The normalized spacial score (nSPS) is 21.7. The van der Waals surface area contributed by atoms with Gasteiger partial charge in [-0.1, -0.05) is 0 Å². The number of β-amino-alcohol motifs (C(OH)–C–C–N with tert-alkyl or cyclic N) is 1. The summed E-state index contributed by atoms with van der Waals surface area (Å²) in [6.07, 6.45) is 2.75. The maximum atomic E-state index is 12.4. The number of likely N-dealkylation sites (tertiary alicyclic amines) is 1. The summed E-state index contributed by atoms with van der Waals surface area (Å²) >= 11 is 0. The van der Waals surface area contributed by atoms with E-state index in [1.165, 1.54) is 10.8 Å². The number of rotatable bonds is 4. The summed E-state index contributed by atoms with van der Waals surface area (Å²) in [6, 6.07) is 0. The lowest BCUT2D eigenvalue weighted by Crippen LogP contribution is -2.55. The lowest BCUT2D eigenvalue weighted by atomic mass is 9.92. The maximum Gasteiger partial charge on any atom is 0.328 e. The number of aromatic amines is 1. The molecule has 1 aliphatic heterocycles. The number of aliphatic hydroxyl groups is 1. The molecule has 128 valence electrons. The van der Waals surface area contributed by atoms with Gasteiger partial charge in [-0.2, -0.15) is 0 Å². The Morgan fingerprint density at radius 2 is 2.13 bits per heavy atom. The molecular weight excluding hydrogens is 300 g/mol. The first-order valence-electron chi connectivity index (χ1n) is 7.65. The lowest BCUT2D eigenvalue weighted by Gasteiger charge is -2.40. The van der Waals surface area contributed by atoms with Gasteiger partial charge in [0.1, 0.15) is 6.54 Å². The number of nitrogens with one attached hydrogen (secondary N) is 1. The van der Waals surface area contributed by atoms with Crippen molar-refractivity contribution < 1.29 is 9.90 Å². The lowest BCUT2D eigenvalue weighted by molar-refractivity contribution is -0.139. The van der Waals surface area contributed by atoms with E-state index >= 15 is 0 Å². The van der Waals surface area contributed by atoms with Gasteiger partial charge in [-0.15, -0.1) is 0 Å². The molecule has 1 aromatic heterocycles. The van der Waals surface area contributed by atoms with Gasteiger partial charge in [0.05, 0.1) is 12.1 Å². The van der Waals surface area contributed by atoms with Crippen molar-refractivity contribution in [3.63, 3.8) is 0 Å². The van der Waals surface area contributed by atoms with Crippen molar-refractivity contribution in [2.75, 3.05) is 33.7 Å². The van der Waals surface area contributed by atoms with Crippen LogP contribution in [0, 0.1) is 6.92 Å². The zero-order valence-corrected chi connectivity index (χ0v) is 13.8. The Bertz CT molecular complexity index is 693. The molecule has 0 aromatic carbocycles. The molecule has 1 aromatic rings. The van der Waals surface area contributed by atoms with Crippen molar-refractivity contribution in [1.29, 1.82) is 0 Å². The van der Waals surface area contributed by atoms with Crippen LogP contribution in [0.1, 0.15) is 18.4 Å². The fraction of sp³-hybridized carbons (Fsp3) is 0.667. The van der Waals surface area contributed by atoms with Gasteiger partial charge in [-0.05, 0) is 33.9 Å². The van der Waals surface area contributed by atoms with Crippen LogP contribution in [0.3, 0.4) is 0 Å². The summed E-state index contributed by atoms with van der Waals surface area (Å²) in [5.74, 6) is -0.240. The molecule has 8 nitrogen and oxygen atoms in total. The van der Waals surface area contributed by atoms with E-state index in [0.29, 0.717) is 25.1 Å². The molecule has 2 N–H and O–H groups in total. The van der Waals surface area contributed by atoms with Crippen molar-refractivity contribution in [2.24, 2.45) is 0 Å². The van der Waals surface area contributed by atoms with Gasteiger partial charge in [0.25, 0.3) is 5.56 Å². The standard InChI is InChI=1S/C15H24N4O4/c1-11-7-19(14(22)16-13(11)21)8-12(20)18-6-4-5-15(23,10-18)9-17(2)3/h7,23H,4-6,8-10H2,1-3H3,(H,16,21,22)/t15-/m1/s1. The molecule has 0 saturated carbocycles. The largest absolute Gasteiger partial charge is 0.387 e. The second-order valence-corrected chi connectivity index (χ2v) is 6.58. The van der Waals surface area contributed by atoms with Crippen molar-refractivity contribution in [3.8, 4) is 0 Å². The number of aryl methyl sites for hydroxylation is 1. The summed E-state index contributed by atoms with van der Waals surface area (Å²) in [7, 11) is 3.75. The van der Waals surface area contributed by atoms with Crippen LogP contribution in [0.5, 0.6) is 0 Å².